The van der Waals surface area contributed by atoms with Gasteiger partial charge in [0, 0.05) is 6.21 Å². The van der Waals surface area contributed by atoms with Crippen molar-refractivity contribution in [2.75, 3.05) is 19.0 Å². The first-order chi connectivity index (χ1) is 17.5. The predicted octanol–water partition coefficient (Wildman–Crippen LogP) is 7.05. The number of nitrogens with one attached hydrogen (secondary N) is 1. The predicted molar refractivity (Wildman–Crippen MR) is 139 cm³/mol. The standard InChI is InChI=1S/C28H22ClFN2O4/c1-34-21-11-13-23(14-12-21)36-22-9-7-20(8-10-22)31-17-19-6-15-27(24(29)16-19)35-18-28(33)32-26-5-3-2-4-25(26)30/h2-17H,18H2,1H3,(H,32,33). The van der Waals surface area contributed by atoms with Gasteiger partial charge in [0.25, 0.3) is 5.91 Å². The molecule has 0 radical (unpaired) electrons. The van der Waals surface area contributed by atoms with E-state index in [4.69, 9.17) is 25.8 Å². The van der Waals surface area contributed by atoms with E-state index >= 15 is 0 Å². The molecular formula is C28H22ClFN2O4. The van der Waals surface area contributed by atoms with Crippen molar-refractivity contribution in [3.63, 3.8) is 0 Å². The lowest BCUT2D eigenvalue weighted by atomic mass is 10.2. The van der Waals surface area contributed by atoms with Gasteiger partial charge < -0.3 is 19.5 Å². The molecule has 4 aromatic carbocycles. The lowest BCUT2D eigenvalue weighted by Crippen LogP contribution is -2.20. The average molecular weight is 505 g/mol. The number of nitrogens with zero attached hydrogens (tertiary/aromatic N) is 1. The minimum atomic E-state index is -0.521. The van der Waals surface area contributed by atoms with Crippen LogP contribution in [0, 0.1) is 5.82 Å². The summed E-state index contributed by atoms with van der Waals surface area (Å²) in [5.41, 5.74) is 1.57. The Labute approximate surface area is 212 Å². The molecule has 36 heavy (non-hydrogen) atoms. The quantitative estimate of drug-likeness (QED) is 0.248. The highest BCUT2D eigenvalue weighted by Gasteiger charge is 2.09. The van der Waals surface area contributed by atoms with E-state index in [1.54, 1.807) is 43.7 Å². The molecular weight excluding hydrogens is 483 g/mol. The second-order valence-corrected chi connectivity index (χ2v) is 7.94. The Kier molecular flexibility index (Phi) is 8.16. The zero-order chi connectivity index (χ0) is 25.3. The second-order valence-electron chi connectivity index (χ2n) is 7.54. The SMILES string of the molecule is COc1ccc(Oc2ccc(N=Cc3ccc(OCC(=O)Nc4ccccc4F)c(Cl)c3)cc2)cc1. The zero-order valence-electron chi connectivity index (χ0n) is 19.3. The number of ether oxygens (including phenoxy) is 3. The van der Waals surface area contributed by atoms with Crippen LogP contribution in [0.2, 0.25) is 5.02 Å². The lowest BCUT2D eigenvalue weighted by molar-refractivity contribution is -0.118. The van der Waals surface area contributed by atoms with E-state index in [1.165, 1.54) is 12.1 Å². The molecule has 0 aliphatic heterocycles. The largest absolute Gasteiger partial charge is 0.497 e. The summed E-state index contributed by atoms with van der Waals surface area (Å²) in [5, 5.41) is 2.77. The van der Waals surface area contributed by atoms with Crippen LogP contribution in [-0.2, 0) is 4.79 Å². The summed E-state index contributed by atoms with van der Waals surface area (Å²) < 4.78 is 30.1. The number of carbonyl (C=O) groups excluding carboxylic acids is 1. The molecule has 6 nitrogen and oxygen atoms in total. The summed E-state index contributed by atoms with van der Waals surface area (Å²) in [4.78, 5) is 16.5. The third kappa shape index (κ3) is 6.84. The maximum absolute atomic E-state index is 13.6. The Morgan fingerprint density at radius 1 is 0.944 bits per heavy atom. The Balaban J connectivity index is 1.31. The summed E-state index contributed by atoms with van der Waals surface area (Å²) in [6, 6.07) is 25.6. The smallest absolute Gasteiger partial charge is 0.262 e. The molecule has 0 fully saturated rings. The second kappa shape index (κ2) is 11.9. The Bertz CT molecular complexity index is 1360. The van der Waals surface area contributed by atoms with E-state index in [0.717, 1.165) is 17.0 Å². The molecule has 0 heterocycles. The van der Waals surface area contributed by atoms with Crippen LogP contribution in [0.1, 0.15) is 5.56 Å². The molecule has 0 aromatic heterocycles. The van der Waals surface area contributed by atoms with Crippen molar-refractivity contribution in [2.45, 2.75) is 0 Å². The number of hydrogen-bond acceptors (Lipinski definition) is 5. The molecule has 1 N–H and O–H groups in total. The van der Waals surface area contributed by atoms with Crippen LogP contribution >= 0.6 is 11.6 Å². The van der Waals surface area contributed by atoms with Crippen molar-refractivity contribution < 1.29 is 23.4 Å². The highest BCUT2D eigenvalue weighted by Crippen LogP contribution is 2.27. The zero-order valence-corrected chi connectivity index (χ0v) is 20.0. The van der Waals surface area contributed by atoms with Gasteiger partial charge in [-0.3, -0.25) is 9.79 Å². The van der Waals surface area contributed by atoms with Crippen molar-refractivity contribution in [2.24, 2.45) is 4.99 Å². The first-order valence-electron chi connectivity index (χ1n) is 10.9. The van der Waals surface area contributed by atoms with Gasteiger partial charge in [-0.05, 0) is 84.4 Å². The Morgan fingerprint density at radius 2 is 1.61 bits per heavy atom. The molecule has 0 bridgehead atoms. The summed E-state index contributed by atoms with van der Waals surface area (Å²) in [7, 11) is 1.61. The van der Waals surface area contributed by atoms with E-state index < -0.39 is 11.7 Å². The molecule has 0 spiro atoms. The third-order valence-electron chi connectivity index (χ3n) is 4.96. The maximum Gasteiger partial charge on any atom is 0.262 e. The van der Waals surface area contributed by atoms with Crippen molar-refractivity contribution in [3.8, 4) is 23.0 Å². The molecule has 8 heteroatoms. The highest BCUT2D eigenvalue weighted by molar-refractivity contribution is 6.32. The molecule has 0 atom stereocenters. The van der Waals surface area contributed by atoms with Crippen LogP contribution in [-0.4, -0.2) is 25.8 Å². The normalized spacial score (nSPS) is 10.8. The number of halogens is 2. The van der Waals surface area contributed by atoms with Gasteiger partial charge in [0.2, 0.25) is 0 Å². The fourth-order valence-corrected chi connectivity index (χ4v) is 3.38. The number of amides is 1. The minimum absolute atomic E-state index is 0.0871. The van der Waals surface area contributed by atoms with Gasteiger partial charge in [-0.15, -0.1) is 0 Å². The molecule has 0 saturated carbocycles. The molecule has 1 amide bonds. The maximum atomic E-state index is 13.6. The van der Waals surface area contributed by atoms with Crippen LogP contribution < -0.4 is 19.5 Å². The summed E-state index contributed by atoms with van der Waals surface area (Å²) >= 11 is 6.29. The molecule has 0 aliphatic rings. The van der Waals surface area contributed by atoms with E-state index in [-0.39, 0.29) is 12.3 Å². The van der Waals surface area contributed by atoms with Crippen LogP contribution in [0.4, 0.5) is 15.8 Å². The van der Waals surface area contributed by atoms with Gasteiger partial charge in [0.15, 0.2) is 6.61 Å². The number of aliphatic imine (C=N–C) groups is 1. The molecule has 0 aliphatic carbocycles. The molecule has 4 rings (SSSR count). The van der Waals surface area contributed by atoms with E-state index in [2.05, 4.69) is 10.3 Å². The van der Waals surface area contributed by atoms with E-state index in [0.29, 0.717) is 22.3 Å². The van der Waals surface area contributed by atoms with Gasteiger partial charge in [-0.1, -0.05) is 23.7 Å². The fourth-order valence-electron chi connectivity index (χ4n) is 3.14. The number of hydrogen-bond donors (Lipinski definition) is 1. The Morgan fingerprint density at radius 3 is 2.28 bits per heavy atom. The lowest BCUT2D eigenvalue weighted by Gasteiger charge is -2.09. The third-order valence-corrected chi connectivity index (χ3v) is 5.25. The van der Waals surface area contributed by atoms with Crippen molar-refractivity contribution in [1.29, 1.82) is 0 Å². The summed E-state index contributed by atoms with van der Waals surface area (Å²) in [6.07, 6.45) is 1.67. The number of rotatable bonds is 9. The van der Waals surface area contributed by atoms with Gasteiger partial charge in [-0.25, -0.2) is 4.39 Å². The topological polar surface area (TPSA) is 69.1 Å². The Hall–Kier alpha value is -4.36. The summed E-state index contributed by atoms with van der Waals surface area (Å²) in [6.45, 7) is -0.313. The number of methoxy groups -OCH3 is 1. The van der Waals surface area contributed by atoms with Crippen LogP contribution in [0.15, 0.2) is 96.0 Å². The monoisotopic (exact) mass is 504 g/mol. The number of benzene rings is 4. The molecule has 182 valence electrons. The highest BCUT2D eigenvalue weighted by atomic mass is 35.5. The van der Waals surface area contributed by atoms with Gasteiger partial charge >= 0.3 is 0 Å². The van der Waals surface area contributed by atoms with E-state index in [1.807, 2.05) is 48.5 Å². The van der Waals surface area contributed by atoms with Gasteiger partial charge in [0.05, 0.1) is 23.5 Å². The van der Waals surface area contributed by atoms with Crippen molar-refractivity contribution >= 4 is 35.1 Å². The molecule has 0 saturated heterocycles. The number of carbonyl (C=O) groups is 1. The van der Waals surface area contributed by atoms with Gasteiger partial charge in [-0.2, -0.15) is 0 Å². The fraction of sp³-hybridized carbons (Fsp3) is 0.0714. The van der Waals surface area contributed by atoms with E-state index in [9.17, 15) is 9.18 Å². The first kappa shape index (κ1) is 24.8. The van der Waals surface area contributed by atoms with Gasteiger partial charge in [0.1, 0.15) is 28.8 Å². The van der Waals surface area contributed by atoms with Crippen molar-refractivity contribution in [1.82, 2.24) is 0 Å². The first-order valence-corrected chi connectivity index (χ1v) is 11.3. The van der Waals surface area contributed by atoms with Crippen molar-refractivity contribution in [3.05, 3.63) is 107 Å². The molecule has 4 aromatic rings. The minimum Gasteiger partial charge on any atom is -0.497 e. The van der Waals surface area contributed by atoms with Crippen LogP contribution in [0.25, 0.3) is 0 Å². The summed E-state index contributed by atoms with van der Waals surface area (Å²) in [5.74, 6) is 1.46. The van der Waals surface area contributed by atoms with Crippen LogP contribution in [0.5, 0.6) is 23.0 Å². The van der Waals surface area contributed by atoms with Crippen LogP contribution in [0.3, 0.4) is 0 Å². The molecule has 0 unspecified atom stereocenters. The number of anilines is 1. The number of para-hydroxylation sites is 1. The average Bonchev–Trinajstić information content (AvgIpc) is 2.89.